The lowest BCUT2D eigenvalue weighted by molar-refractivity contribution is 0.104. The molecule has 1 aliphatic rings. The maximum atomic E-state index is 12.3. The molecule has 1 nitrogen and oxygen atoms in total. The van der Waals surface area contributed by atoms with Crippen molar-refractivity contribution in [1.82, 2.24) is 0 Å². The summed E-state index contributed by atoms with van der Waals surface area (Å²) in [6.07, 6.45) is 0. The van der Waals surface area contributed by atoms with Gasteiger partial charge in [-0.05, 0) is 37.5 Å². The van der Waals surface area contributed by atoms with Crippen LogP contribution in [0.25, 0.3) is 11.1 Å². The number of aryl methyl sites for hydroxylation is 3. The molecule has 0 aromatic heterocycles. The van der Waals surface area contributed by atoms with Crippen LogP contribution in [0.2, 0.25) is 0 Å². The second kappa shape index (κ2) is 3.30. The molecule has 0 radical (unpaired) electrons. The summed E-state index contributed by atoms with van der Waals surface area (Å²) in [7, 11) is 0. The van der Waals surface area contributed by atoms with Crippen LogP contribution in [-0.4, -0.2) is 5.78 Å². The molecular formula is C16H14O. The van der Waals surface area contributed by atoms with Crippen molar-refractivity contribution in [2.45, 2.75) is 20.8 Å². The highest BCUT2D eigenvalue weighted by atomic mass is 16.1. The van der Waals surface area contributed by atoms with Crippen LogP contribution in [0.1, 0.15) is 32.6 Å². The molecule has 0 spiro atoms. The predicted octanol–water partition coefficient (Wildman–Crippen LogP) is 3.82. The first-order chi connectivity index (χ1) is 8.08. The third-order valence-corrected chi connectivity index (χ3v) is 3.42. The van der Waals surface area contributed by atoms with Crippen LogP contribution in [0, 0.1) is 20.8 Å². The molecule has 0 heterocycles. The molecule has 17 heavy (non-hydrogen) atoms. The lowest BCUT2D eigenvalue weighted by atomic mass is 9.98. The van der Waals surface area contributed by atoms with Crippen LogP contribution in [0.4, 0.5) is 0 Å². The summed E-state index contributed by atoms with van der Waals surface area (Å²) in [6, 6.07) is 10.3. The first-order valence-electron chi connectivity index (χ1n) is 5.85. The third-order valence-electron chi connectivity index (χ3n) is 3.42. The van der Waals surface area contributed by atoms with Gasteiger partial charge in [-0.2, -0.15) is 0 Å². The highest BCUT2D eigenvalue weighted by Crippen LogP contribution is 2.39. The highest BCUT2D eigenvalue weighted by Gasteiger charge is 2.28. The van der Waals surface area contributed by atoms with Gasteiger partial charge >= 0.3 is 0 Å². The van der Waals surface area contributed by atoms with Gasteiger partial charge in [0, 0.05) is 11.1 Å². The van der Waals surface area contributed by atoms with Crippen LogP contribution in [0.15, 0.2) is 30.3 Å². The van der Waals surface area contributed by atoms with Gasteiger partial charge in [-0.3, -0.25) is 4.79 Å². The normalized spacial score (nSPS) is 12.5. The summed E-state index contributed by atoms with van der Waals surface area (Å²) in [6.45, 7) is 6.15. The molecule has 0 N–H and O–H groups in total. The zero-order valence-electron chi connectivity index (χ0n) is 10.3. The van der Waals surface area contributed by atoms with E-state index >= 15 is 0 Å². The number of carbonyl (C=O) groups excluding carboxylic acids is 1. The molecule has 84 valence electrons. The third kappa shape index (κ3) is 1.35. The van der Waals surface area contributed by atoms with E-state index in [4.69, 9.17) is 0 Å². The highest BCUT2D eigenvalue weighted by molar-refractivity contribution is 6.22. The maximum absolute atomic E-state index is 12.3. The molecule has 0 atom stereocenters. The van der Waals surface area contributed by atoms with Crippen LogP contribution < -0.4 is 0 Å². The quantitative estimate of drug-likeness (QED) is 0.565. The van der Waals surface area contributed by atoms with E-state index in [-0.39, 0.29) is 5.78 Å². The Morgan fingerprint density at radius 1 is 0.765 bits per heavy atom. The van der Waals surface area contributed by atoms with Crippen molar-refractivity contribution in [3.05, 3.63) is 58.1 Å². The molecule has 2 aromatic carbocycles. The van der Waals surface area contributed by atoms with Gasteiger partial charge in [-0.15, -0.1) is 0 Å². The minimum atomic E-state index is 0.174. The molecule has 1 heteroatoms. The average molecular weight is 222 g/mol. The SMILES string of the molecule is Cc1ccc2c(c1)-c1cc(C)cc(C)c1C2=O. The second-order valence-electron chi connectivity index (χ2n) is 4.88. The van der Waals surface area contributed by atoms with Gasteiger partial charge < -0.3 is 0 Å². The van der Waals surface area contributed by atoms with E-state index in [1.807, 2.05) is 19.1 Å². The van der Waals surface area contributed by atoms with Crippen molar-refractivity contribution in [3.63, 3.8) is 0 Å². The summed E-state index contributed by atoms with van der Waals surface area (Å²) in [5, 5.41) is 0. The minimum absolute atomic E-state index is 0.174. The molecule has 3 rings (SSSR count). The summed E-state index contributed by atoms with van der Waals surface area (Å²) >= 11 is 0. The van der Waals surface area contributed by atoms with E-state index in [0.29, 0.717) is 0 Å². The van der Waals surface area contributed by atoms with Crippen molar-refractivity contribution < 1.29 is 4.79 Å². The number of benzene rings is 2. The minimum Gasteiger partial charge on any atom is -0.289 e. The van der Waals surface area contributed by atoms with Crippen LogP contribution in [-0.2, 0) is 0 Å². The molecule has 0 bridgehead atoms. The van der Waals surface area contributed by atoms with Gasteiger partial charge in [-0.25, -0.2) is 0 Å². The number of ketones is 1. The van der Waals surface area contributed by atoms with Gasteiger partial charge in [0.2, 0.25) is 0 Å². The molecule has 0 aliphatic heterocycles. The Morgan fingerprint density at radius 3 is 2.24 bits per heavy atom. The smallest absolute Gasteiger partial charge is 0.194 e. The molecule has 1 aliphatic carbocycles. The van der Waals surface area contributed by atoms with E-state index in [1.165, 1.54) is 11.1 Å². The first-order valence-corrected chi connectivity index (χ1v) is 5.85. The van der Waals surface area contributed by atoms with E-state index in [1.54, 1.807) is 0 Å². The first kappa shape index (κ1) is 10.3. The van der Waals surface area contributed by atoms with E-state index in [2.05, 4.69) is 32.0 Å². The van der Waals surface area contributed by atoms with Crippen molar-refractivity contribution >= 4 is 5.78 Å². The number of hydrogen-bond donors (Lipinski definition) is 0. The van der Waals surface area contributed by atoms with Crippen molar-refractivity contribution in [3.8, 4) is 11.1 Å². The topological polar surface area (TPSA) is 17.1 Å². The van der Waals surface area contributed by atoms with Crippen LogP contribution >= 0.6 is 0 Å². The number of carbonyl (C=O) groups is 1. The maximum Gasteiger partial charge on any atom is 0.194 e. The zero-order valence-corrected chi connectivity index (χ0v) is 10.3. The summed E-state index contributed by atoms with van der Waals surface area (Å²) in [5.74, 6) is 0.174. The Hall–Kier alpha value is -1.89. The van der Waals surface area contributed by atoms with Crippen molar-refractivity contribution in [1.29, 1.82) is 0 Å². The van der Waals surface area contributed by atoms with E-state index in [9.17, 15) is 4.79 Å². The summed E-state index contributed by atoms with van der Waals surface area (Å²) in [5.41, 5.74) is 7.42. The molecule has 0 saturated carbocycles. The standard InChI is InChI=1S/C16H14O/c1-9-4-5-12-13(7-9)14-8-10(2)6-11(3)15(14)16(12)17/h4-8H,1-3H3. The van der Waals surface area contributed by atoms with Gasteiger partial charge in [0.1, 0.15) is 0 Å². The average Bonchev–Trinajstić information content (AvgIpc) is 2.52. The number of hydrogen-bond acceptors (Lipinski definition) is 1. The Balaban J connectivity index is 2.41. The largest absolute Gasteiger partial charge is 0.289 e. The lowest BCUT2D eigenvalue weighted by Crippen LogP contribution is -1.98. The fourth-order valence-electron chi connectivity index (χ4n) is 2.70. The fourth-order valence-corrected chi connectivity index (χ4v) is 2.70. The van der Waals surface area contributed by atoms with Crippen LogP contribution in [0.3, 0.4) is 0 Å². The summed E-state index contributed by atoms with van der Waals surface area (Å²) in [4.78, 5) is 12.3. The Bertz CT molecular complexity index is 651. The van der Waals surface area contributed by atoms with Gasteiger partial charge in [0.05, 0.1) is 0 Å². The predicted molar refractivity (Wildman–Crippen MR) is 69.5 cm³/mol. The fraction of sp³-hybridized carbons (Fsp3) is 0.188. The Kier molecular flexibility index (Phi) is 1.99. The molecule has 0 unspecified atom stereocenters. The number of fused-ring (bicyclic) bond motifs is 3. The molecular weight excluding hydrogens is 208 g/mol. The van der Waals surface area contributed by atoms with Crippen LogP contribution in [0.5, 0.6) is 0 Å². The molecule has 0 amide bonds. The van der Waals surface area contributed by atoms with E-state index < -0.39 is 0 Å². The molecule has 0 saturated heterocycles. The monoisotopic (exact) mass is 222 g/mol. The van der Waals surface area contributed by atoms with Gasteiger partial charge in [0.15, 0.2) is 5.78 Å². The van der Waals surface area contributed by atoms with Crippen molar-refractivity contribution in [2.24, 2.45) is 0 Å². The Morgan fingerprint density at radius 2 is 1.47 bits per heavy atom. The summed E-state index contributed by atoms with van der Waals surface area (Å²) < 4.78 is 0. The molecule has 0 fully saturated rings. The number of rotatable bonds is 0. The lowest BCUT2D eigenvalue weighted by Gasteiger charge is -2.05. The van der Waals surface area contributed by atoms with E-state index in [0.717, 1.165) is 27.8 Å². The van der Waals surface area contributed by atoms with Gasteiger partial charge in [0.25, 0.3) is 0 Å². The Labute approximate surface area is 101 Å². The second-order valence-corrected chi connectivity index (χ2v) is 4.88. The molecule has 2 aromatic rings. The van der Waals surface area contributed by atoms with Gasteiger partial charge in [-0.1, -0.05) is 41.5 Å². The zero-order chi connectivity index (χ0) is 12.2. The van der Waals surface area contributed by atoms with Crippen molar-refractivity contribution in [2.75, 3.05) is 0 Å².